The summed E-state index contributed by atoms with van der Waals surface area (Å²) in [4.78, 5) is 25.0. The molecule has 0 spiro atoms. The number of nitrogens with zero attached hydrogens (tertiary/aromatic N) is 2. The van der Waals surface area contributed by atoms with Gasteiger partial charge in [0.15, 0.2) is 18.1 Å². The molecule has 1 heterocycles. The monoisotopic (exact) mass is 397 g/mol. The molecule has 0 saturated carbocycles. The van der Waals surface area contributed by atoms with Crippen molar-refractivity contribution in [2.24, 2.45) is 0 Å². The first kappa shape index (κ1) is 19.3. The van der Waals surface area contributed by atoms with Gasteiger partial charge in [-0.2, -0.15) is 5.26 Å². The van der Waals surface area contributed by atoms with E-state index in [4.69, 9.17) is 26.3 Å². The Hall–Kier alpha value is -3.50. The lowest BCUT2D eigenvalue weighted by Crippen LogP contribution is -2.35. The largest absolute Gasteiger partial charge is 0.490 e. The molecule has 0 aromatic heterocycles. The molecule has 0 radical (unpaired) electrons. The molecule has 142 valence electrons. The summed E-state index contributed by atoms with van der Waals surface area (Å²) in [7, 11) is 0. The molecule has 28 heavy (non-hydrogen) atoms. The highest BCUT2D eigenvalue weighted by Crippen LogP contribution is 2.37. The van der Waals surface area contributed by atoms with Crippen molar-refractivity contribution in [3.05, 3.63) is 58.6 Å². The number of hydrogen-bond acceptors (Lipinski definition) is 5. The molecule has 1 fully saturated rings. The van der Waals surface area contributed by atoms with Crippen molar-refractivity contribution in [2.45, 2.75) is 6.92 Å². The van der Waals surface area contributed by atoms with E-state index in [1.807, 2.05) is 12.1 Å². The minimum absolute atomic E-state index is 0.0342. The second kappa shape index (κ2) is 8.46. The molecule has 8 heteroatoms. The number of carbonyl (C=O) groups excluding carboxylic acids is 2. The smallest absolute Gasteiger partial charge is 0.282 e. The Balaban J connectivity index is 1.95. The molecule has 2 aromatic rings. The van der Waals surface area contributed by atoms with E-state index in [1.54, 1.807) is 37.3 Å². The molecule has 2 aromatic carbocycles. The third-order valence-corrected chi connectivity index (χ3v) is 4.11. The van der Waals surface area contributed by atoms with Crippen LogP contribution in [-0.2, 0) is 9.59 Å². The highest BCUT2D eigenvalue weighted by Gasteiger charge is 2.34. The molecule has 1 aliphatic heterocycles. The maximum absolute atomic E-state index is 12.7. The van der Waals surface area contributed by atoms with Crippen molar-refractivity contribution in [1.29, 1.82) is 5.26 Å². The molecule has 7 nitrogen and oxygen atoms in total. The fourth-order valence-corrected chi connectivity index (χ4v) is 2.94. The zero-order valence-corrected chi connectivity index (χ0v) is 15.7. The highest BCUT2D eigenvalue weighted by molar-refractivity contribution is 6.33. The summed E-state index contributed by atoms with van der Waals surface area (Å²) in [6.07, 6.45) is 1.43. The predicted molar refractivity (Wildman–Crippen MR) is 104 cm³/mol. The van der Waals surface area contributed by atoms with Gasteiger partial charge in [0.05, 0.1) is 17.3 Å². The standard InChI is InChI=1S/C20H16ClN3O4/c1-2-27-17-12-13(11-16(21)18(17)28-9-8-22)10-15-19(25)23-24(20(15)26)14-6-4-3-5-7-14/h3-7,10-12H,2,9H2,1H3,(H,23,25). The average molecular weight is 398 g/mol. The summed E-state index contributed by atoms with van der Waals surface area (Å²) < 4.78 is 10.8. The van der Waals surface area contributed by atoms with Gasteiger partial charge in [0.25, 0.3) is 11.8 Å². The van der Waals surface area contributed by atoms with Crippen LogP contribution in [0.25, 0.3) is 6.08 Å². The van der Waals surface area contributed by atoms with Gasteiger partial charge in [-0.05, 0) is 42.8 Å². The Morgan fingerprint density at radius 1 is 1.21 bits per heavy atom. The minimum Gasteiger partial charge on any atom is -0.490 e. The Morgan fingerprint density at radius 2 is 1.96 bits per heavy atom. The number of nitrogens with one attached hydrogen (secondary N) is 1. The van der Waals surface area contributed by atoms with Crippen LogP contribution in [-0.4, -0.2) is 25.0 Å². The number of rotatable bonds is 6. The molecule has 0 atom stereocenters. The van der Waals surface area contributed by atoms with Gasteiger partial charge in [0.2, 0.25) is 0 Å². The fourth-order valence-electron chi connectivity index (χ4n) is 2.66. The van der Waals surface area contributed by atoms with E-state index in [9.17, 15) is 9.59 Å². The van der Waals surface area contributed by atoms with Gasteiger partial charge < -0.3 is 9.47 Å². The predicted octanol–water partition coefficient (Wildman–Crippen LogP) is 3.10. The quantitative estimate of drug-likeness (QED) is 0.597. The molecule has 3 rings (SSSR count). The number of ether oxygens (including phenoxy) is 2. The molecule has 0 unspecified atom stereocenters. The molecule has 0 aliphatic carbocycles. The van der Waals surface area contributed by atoms with E-state index in [0.717, 1.165) is 0 Å². The van der Waals surface area contributed by atoms with Gasteiger partial charge in [0.1, 0.15) is 11.6 Å². The number of amides is 2. The van der Waals surface area contributed by atoms with Crippen LogP contribution in [0.15, 0.2) is 48.0 Å². The SMILES string of the molecule is CCOc1cc(C=C2C(=O)NN(c3ccccc3)C2=O)cc(Cl)c1OCC#N. The Labute approximate surface area is 166 Å². The average Bonchev–Trinajstić information content (AvgIpc) is 2.96. The van der Waals surface area contributed by atoms with E-state index >= 15 is 0 Å². The zero-order chi connectivity index (χ0) is 20.1. The Kier molecular flexibility index (Phi) is 5.82. The number of para-hydroxylation sites is 1. The lowest BCUT2D eigenvalue weighted by Gasteiger charge is -2.14. The Bertz CT molecular complexity index is 983. The van der Waals surface area contributed by atoms with Gasteiger partial charge in [-0.1, -0.05) is 29.8 Å². The third-order valence-electron chi connectivity index (χ3n) is 3.83. The number of carbonyl (C=O) groups is 2. The summed E-state index contributed by atoms with van der Waals surface area (Å²) in [6, 6.07) is 13.8. The first-order valence-corrected chi connectivity index (χ1v) is 8.81. The molecular formula is C20H16ClN3O4. The second-order valence-electron chi connectivity index (χ2n) is 5.68. The van der Waals surface area contributed by atoms with E-state index in [0.29, 0.717) is 23.6 Å². The number of halogens is 1. The van der Waals surface area contributed by atoms with Crippen molar-refractivity contribution in [2.75, 3.05) is 18.2 Å². The second-order valence-corrected chi connectivity index (χ2v) is 6.09. The van der Waals surface area contributed by atoms with E-state index < -0.39 is 11.8 Å². The van der Waals surface area contributed by atoms with Crippen molar-refractivity contribution in [1.82, 2.24) is 5.43 Å². The number of nitriles is 1. The molecule has 2 amide bonds. The summed E-state index contributed by atoms with van der Waals surface area (Å²) in [5, 5.41) is 10.1. The van der Waals surface area contributed by atoms with Crippen LogP contribution < -0.4 is 19.9 Å². The van der Waals surface area contributed by atoms with Crippen molar-refractivity contribution in [3.63, 3.8) is 0 Å². The minimum atomic E-state index is -0.521. The summed E-state index contributed by atoms with van der Waals surface area (Å²) in [6.45, 7) is 1.95. The van der Waals surface area contributed by atoms with Crippen LogP contribution in [0, 0.1) is 11.3 Å². The van der Waals surface area contributed by atoms with Gasteiger partial charge in [-0.25, -0.2) is 5.01 Å². The molecule has 1 N–H and O–H groups in total. The maximum atomic E-state index is 12.7. The maximum Gasteiger partial charge on any atom is 0.282 e. The first-order valence-electron chi connectivity index (χ1n) is 8.43. The third kappa shape index (κ3) is 3.92. The summed E-state index contributed by atoms with van der Waals surface area (Å²) >= 11 is 6.25. The van der Waals surface area contributed by atoms with E-state index in [2.05, 4.69) is 5.43 Å². The highest BCUT2D eigenvalue weighted by atomic mass is 35.5. The molecular weight excluding hydrogens is 382 g/mol. The number of hydrazine groups is 1. The zero-order valence-electron chi connectivity index (χ0n) is 14.9. The van der Waals surface area contributed by atoms with Crippen molar-refractivity contribution < 1.29 is 19.1 Å². The Morgan fingerprint density at radius 3 is 2.64 bits per heavy atom. The van der Waals surface area contributed by atoms with Gasteiger partial charge in [-0.15, -0.1) is 0 Å². The van der Waals surface area contributed by atoms with Crippen molar-refractivity contribution >= 4 is 35.2 Å². The van der Waals surface area contributed by atoms with Crippen LogP contribution in [0.3, 0.4) is 0 Å². The summed E-state index contributed by atoms with van der Waals surface area (Å²) in [5.41, 5.74) is 3.55. The number of anilines is 1. The molecule has 0 bridgehead atoms. The fraction of sp³-hybridized carbons (Fsp3) is 0.150. The van der Waals surface area contributed by atoms with Gasteiger partial charge in [-0.3, -0.25) is 15.0 Å². The van der Waals surface area contributed by atoms with Crippen LogP contribution in [0.4, 0.5) is 5.69 Å². The van der Waals surface area contributed by atoms with Crippen LogP contribution >= 0.6 is 11.6 Å². The number of hydrogen-bond donors (Lipinski definition) is 1. The normalized spacial score (nSPS) is 14.8. The number of benzene rings is 2. The topological polar surface area (TPSA) is 91.7 Å². The van der Waals surface area contributed by atoms with Crippen LogP contribution in [0.1, 0.15) is 12.5 Å². The molecule has 1 saturated heterocycles. The van der Waals surface area contributed by atoms with E-state index in [-0.39, 0.29) is 23.0 Å². The summed E-state index contributed by atoms with van der Waals surface area (Å²) in [5.74, 6) is -0.439. The van der Waals surface area contributed by atoms with Crippen LogP contribution in [0.5, 0.6) is 11.5 Å². The van der Waals surface area contributed by atoms with Crippen molar-refractivity contribution in [3.8, 4) is 17.6 Å². The van der Waals surface area contributed by atoms with Crippen LogP contribution in [0.2, 0.25) is 5.02 Å². The first-order chi connectivity index (χ1) is 13.5. The lowest BCUT2D eigenvalue weighted by molar-refractivity contribution is -0.117. The molecule has 1 aliphatic rings. The lowest BCUT2D eigenvalue weighted by atomic mass is 10.1. The van der Waals surface area contributed by atoms with Gasteiger partial charge >= 0.3 is 0 Å². The van der Waals surface area contributed by atoms with Gasteiger partial charge in [0, 0.05) is 0 Å². The van der Waals surface area contributed by atoms with E-state index in [1.165, 1.54) is 17.2 Å².